The van der Waals surface area contributed by atoms with Crippen molar-refractivity contribution in [3.05, 3.63) is 64.2 Å². The van der Waals surface area contributed by atoms with Crippen LogP contribution < -0.4 is 10.5 Å². The van der Waals surface area contributed by atoms with Crippen LogP contribution in [0.2, 0.25) is 0 Å². The van der Waals surface area contributed by atoms with Crippen molar-refractivity contribution < 1.29 is 4.74 Å². The van der Waals surface area contributed by atoms with Crippen LogP contribution in [0.4, 0.5) is 0 Å². The third-order valence-electron chi connectivity index (χ3n) is 4.60. The lowest BCUT2D eigenvalue weighted by Gasteiger charge is -2.18. The molecule has 2 nitrogen and oxygen atoms in total. The standard InChI is InChI=1S/C21H29NO/c1-15-7-8-17(3)21(12-15)19(14-22)6-5-11-23-20-10-9-16(2)18(4)13-20/h7-10,12-13,19H,5-6,11,14,22H2,1-4H3. The van der Waals surface area contributed by atoms with Crippen molar-refractivity contribution in [2.45, 2.75) is 46.5 Å². The van der Waals surface area contributed by atoms with E-state index in [1.54, 1.807) is 0 Å². The molecule has 0 aliphatic rings. The molecule has 2 heteroatoms. The van der Waals surface area contributed by atoms with E-state index in [4.69, 9.17) is 10.5 Å². The molecular weight excluding hydrogens is 282 g/mol. The zero-order valence-corrected chi connectivity index (χ0v) is 14.9. The van der Waals surface area contributed by atoms with Gasteiger partial charge in [0.15, 0.2) is 0 Å². The summed E-state index contributed by atoms with van der Waals surface area (Å²) in [5.74, 6) is 1.38. The Bertz CT molecular complexity index is 648. The fourth-order valence-corrected chi connectivity index (χ4v) is 2.92. The average Bonchev–Trinajstić information content (AvgIpc) is 2.53. The Morgan fingerprint density at radius 3 is 2.35 bits per heavy atom. The predicted octanol–water partition coefficient (Wildman–Crippen LogP) is 4.82. The summed E-state index contributed by atoms with van der Waals surface area (Å²) in [4.78, 5) is 0. The van der Waals surface area contributed by atoms with Gasteiger partial charge in [0.1, 0.15) is 5.75 Å². The second kappa shape index (κ2) is 8.16. The van der Waals surface area contributed by atoms with Crippen molar-refractivity contribution in [3.8, 4) is 5.75 Å². The molecule has 1 unspecified atom stereocenters. The van der Waals surface area contributed by atoms with E-state index < -0.39 is 0 Å². The first kappa shape index (κ1) is 17.6. The number of hydrogen-bond donors (Lipinski definition) is 1. The molecule has 0 aliphatic heterocycles. The van der Waals surface area contributed by atoms with Gasteiger partial charge in [0, 0.05) is 0 Å². The molecule has 2 aromatic carbocycles. The Hall–Kier alpha value is -1.80. The molecule has 2 aromatic rings. The minimum atomic E-state index is 0.415. The molecule has 0 saturated heterocycles. The zero-order valence-electron chi connectivity index (χ0n) is 14.9. The van der Waals surface area contributed by atoms with E-state index in [0.29, 0.717) is 12.5 Å². The molecule has 2 N–H and O–H groups in total. The molecule has 0 aromatic heterocycles. The van der Waals surface area contributed by atoms with E-state index in [0.717, 1.165) is 25.2 Å². The molecule has 0 heterocycles. The van der Waals surface area contributed by atoms with Crippen molar-refractivity contribution in [1.82, 2.24) is 0 Å². The van der Waals surface area contributed by atoms with Gasteiger partial charge in [0.25, 0.3) is 0 Å². The van der Waals surface area contributed by atoms with E-state index >= 15 is 0 Å². The fourth-order valence-electron chi connectivity index (χ4n) is 2.92. The minimum Gasteiger partial charge on any atom is -0.494 e. The van der Waals surface area contributed by atoms with Gasteiger partial charge in [-0.05, 0) is 87.4 Å². The van der Waals surface area contributed by atoms with Gasteiger partial charge in [-0.15, -0.1) is 0 Å². The van der Waals surface area contributed by atoms with Gasteiger partial charge in [-0.2, -0.15) is 0 Å². The highest BCUT2D eigenvalue weighted by Crippen LogP contribution is 2.25. The maximum atomic E-state index is 6.01. The molecule has 0 bridgehead atoms. The smallest absolute Gasteiger partial charge is 0.119 e. The minimum absolute atomic E-state index is 0.415. The summed E-state index contributed by atoms with van der Waals surface area (Å²) < 4.78 is 5.89. The van der Waals surface area contributed by atoms with Gasteiger partial charge >= 0.3 is 0 Å². The average molecular weight is 311 g/mol. The Morgan fingerprint density at radius 2 is 1.65 bits per heavy atom. The van der Waals surface area contributed by atoms with Crippen molar-refractivity contribution in [3.63, 3.8) is 0 Å². The molecule has 124 valence electrons. The molecule has 0 saturated carbocycles. The lowest BCUT2D eigenvalue weighted by Crippen LogP contribution is -2.15. The molecule has 0 spiro atoms. The maximum Gasteiger partial charge on any atom is 0.119 e. The maximum absolute atomic E-state index is 6.01. The Morgan fingerprint density at radius 1 is 0.913 bits per heavy atom. The summed E-state index contributed by atoms with van der Waals surface area (Å²) in [6.07, 6.45) is 2.08. The summed E-state index contributed by atoms with van der Waals surface area (Å²) >= 11 is 0. The molecule has 23 heavy (non-hydrogen) atoms. The topological polar surface area (TPSA) is 35.2 Å². The van der Waals surface area contributed by atoms with Gasteiger partial charge in [-0.3, -0.25) is 0 Å². The Labute approximate surface area is 140 Å². The van der Waals surface area contributed by atoms with Crippen molar-refractivity contribution in [1.29, 1.82) is 0 Å². The van der Waals surface area contributed by atoms with Crippen LogP contribution in [-0.4, -0.2) is 13.2 Å². The van der Waals surface area contributed by atoms with Crippen LogP contribution in [0.1, 0.15) is 46.6 Å². The Kier molecular flexibility index (Phi) is 6.23. The highest BCUT2D eigenvalue weighted by atomic mass is 16.5. The first-order chi connectivity index (χ1) is 11.0. The van der Waals surface area contributed by atoms with Crippen molar-refractivity contribution >= 4 is 0 Å². The second-order valence-corrected chi connectivity index (χ2v) is 6.53. The zero-order chi connectivity index (χ0) is 16.8. The Balaban J connectivity index is 1.88. The van der Waals surface area contributed by atoms with Gasteiger partial charge in [-0.25, -0.2) is 0 Å². The summed E-state index contributed by atoms with van der Waals surface area (Å²) in [5.41, 5.74) is 12.6. The van der Waals surface area contributed by atoms with Crippen molar-refractivity contribution in [2.24, 2.45) is 5.73 Å². The highest BCUT2D eigenvalue weighted by molar-refractivity contribution is 5.34. The van der Waals surface area contributed by atoms with Crippen LogP contribution >= 0.6 is 0 Å². The molecule has 2 rings (SSSR count). The number of rotatable bonds is 7. The van der Waals surface area contributed by atoms with E-state index in [9.17, 15) is 0 Å². The largest absolute Gasteiger partial charge is 0.494 e. The van der Waals surface area contributed by atoms with Crippen LogP contribution in [0.25, 0.3) is 0 Å². The third-order valence-corrected chi connectivity index (χ3v) is 4.60. The number of aryl methyl sites for hydroxylation is 4. The summed E-state index contributed by atoms with van der Waals surface area (Å²) in [5, 5.41) is 0. The van der Waals surface area contributed by atoms with Crippen LogP contribution in [0.5, 0.6) is 5.75 Å². The van der Waals surface area contributed by atoms with Gasteiger partial charge < -0.3 is 10.5 Å². The molecule has 0 aliphatic carbocycles. The number of hydrogen-bond acceptors (Lipinski definition) is 2. The van der Waals surface area contributed by atoms with Crippen LogP contribution in [0.15, 0.2) is 36.4 Å². The first-order valence-corrected chi connectivity index (χ1v) is 8.48. The van der Waals surface area contributed by atoms with Crippen molar-refractivity contribution in [2.75, 3.05) is 13.2 Å². The second-order valence-electron chi connectivity index (χ2n) is 6.53. The number of benzene rings is 2. The van der Waals surface area contributed by atoms with Crippen LogP contribution in [0.3, 0.4) is 0 Å². The van der Waals surface area contributed by atoms with E-state index in [1.165, 1.54) is 27.8 Å². The van der Waals surface area contributed by atoms with Crippen LogP contribution in [0, 0.1) is 27.7 Å². The summed E-state index contributed by atoms with van der Waals surface area (Å²) in [7, 11) is 0. The van der Waals surface area contributed by atoms with E-state index in [2.05, 4.69) is 58.0 Å². The highest BCUT2D eigenvalue weighted by Gasteiger charge is 2.12. The molecule has 0 amide bonds. The third kappa shape index (κ3) is 4.84. The predicted molar refractivity (Wildman–Crippen MR) is 98.4 cm³/mol. The summed E-state index contributed by atoms with van der Waals surface area (Å²) in [6.45, 7) is 9.97. The number of ether oxygens (including phenoxy) is 1. The number of nitrogens with two attached hydrogens (primary N) is 1. The normalized spacial score (nSPS) is 12.2. The SMILES string of the molecule is Cc1ccc(C)c(C(CN)CCCOc2ccc(C)c(C)c2)c1. The monoisotopic (exact) mass is 311 g/mol. The lowest BCUT2D eigenvalue weighted by molar-refractivity contribution is 0.301. The van der Waals surface area contributed by atoms with Gasteiger partial charge in [-0.1, -0.05) is 29.8 Å². The lowest BCUT2D eigenvalue weighted by atomic mass is 9.90. The van der Waals surface area contributed by atoms with Crippen LogP contribution in [-0.2, 0) is 0 Å². The molecule has 0 fully saturated rings. The molecule has 0 radical (unpaired) electrons. The quantitative estimate of drug-likeness (QED) is 0.744. The first-order valence-electron chi connectivity index (χ1n) is 8.48. The van der Waals surface area contributed by atoms with E-state index in [1.807, 2.05) is 6.07 Å². The van der Waals surface area contributed by atoms with E-state index in [-0.39, 0.29) is 0 Å². The molecular formula is C21H29NO. The summed E-state index contributed by atoms with van der Waals surface area (Å²) in [6, 6.07) is 12.9. The molecule has 1 atom stereocenters. The van der Waals surface area contributed by atoms with Gasteiger partial charge in [0.05, 0.1) is 6.61 Å². The fraction of sp³-hybridized carbons (Fsp3) is 0.429. The van der Waals surface area contributed by atoms with Gasteiger partial charge in [0.2, 0.25) is 0 Å².